The molecule has 1 N–H and O–H groups in total. The lowest BCUT2D eigenvalue weighted by molar-refractivity contribution is -0.138. The zero-order valence-electron chi connectivity index (χ0n) is 16.0. The van der Waals surface area contributed by atoms with Crippen molar-refractivity contribution in [3.05, 3.63) is 36.0 Å². The summed E-state index contributed by atoms with van der Waals surface area (Å²) >= 11 is 0. The molecule has 29 heavy (non-hydrogen) atoms. The first-order valence-corrected chi connectivity index (χ1v) is 9.95. The van der Waals surface area contributed by atoms with E-state index >= 15 is 0 Å². The first-order chi connectivity index (χ1) is 14.0. The monoisotopic (exact) mass is 403 g/mol. The lowest BCUT2D eigenvalue weighted by Crippen LogP contribution is -2.35. The standard InChI is InChI=1S/C21H23F2N3O3/c22-16-11-14(21-24-7-4-18(25-21)29-15-2-1-3-15)12-17(23)20(16)26-8-5-13(6-9-26)10-19(27)28/h4,7,11-13,15H,1-3,5-6,8-10H2,(H,27,28). The smallest absolute Gasteiger partial charge is 0.303 e. The summed E-state index contributed by atoms with van der Waals surface area (Å²) in [6.07, 6.45) is 6.06. The molecule has 0 bridgehead atoms. The van der Waals surface area contributed by atoms with Crippen molar-refractivity contribution in [2.75, 3.05) is 18.0 Å². The summed E-state index contributed by atoms with van der Waals surface area (Å²) < 4.78 is 35.3. The third kappa shape index (κ3) is 4.46. The second kappa shape index (κ2) is 8.31. The molecule has 1 aliphatic carbocycles. The molecule has 1 aliphatic heterocycles. The van der Waals surface area contributed by atoms with Crippen molar-refractivity contribution in [2.24, 2.45) is 5.92 Å². The van der Waals surface area contributed by atoms with Gasteiger partial charge in [0.15, 0.2) is 5.82 Å². The Hall–Kier alpha value is -2.77. The molecular weight excluding hydrogens is 380 g/mol. The average Bonchev–Trinajstić information content (AvgIpc) is 2.65. The molecule has 2 aliphatic rings. The maximum atomic E-state index is 14.8. The number of piperidine rings is 1. The van der Waals surface area contributed by atoms with E-state index in [0.29, 0.717) is 31.8 Å². The molecule has 0 unspecified atom stereocenters. The number of benzene rings is 1. The van der Waals surface area contributed by atoms with E-state index in [1.807, 2.05) is 0 Å². The molecule has 0 amide bonds. The van der Waals surface area contributed by atoms with Crippen LogP contribution in [-0.4, -0.2) is 40.2 Å². The van der Waals surface area contributed by atoms with E-state index < -0.39 is 17.6 Å². The number of hydrogen-bond donors (Lipinski definition) is 1. The molecule has 2 fully saturated rings. The number of aliphatic carboxylic acids is 1. The molecule has 1 aromatic carbocycles. The predicted octanol–water partition coefficient (Wildman–Crippen LogP) is 4.04. The second-order valence-corrected chi connectivity index (χ2v) is 7.71. The molecule has 0 spiro atoms. The van der Waals surface area contributed by atoms with E-state index in [1.165, 1.54) is 18.3 Å². The normalized spacial score (nSPS) is 17.8. The molecule has 1 saturated heterocycles. The van der Waals surface area contributed by atoms with Gasteiger partial charge < -0.3 is 14.7 Å². The van der Waals surface area contributed by atoms with E-state index in [4.69, 9.17) is 9.84 Å². The summed E-state index contributed by atoms with van der Waals surface area (Å²) in [7, 11) is 0. The van der Waals surface area contributed by atoms with E-state index in [9.17, 15) is 13.6 Å². The Labute approximate surface area is 167 Å². The number of ether oxygens (including phenoxy) is 1. The number of halogens is 2. The number of hydrogen-bond acceptors (Lipinski definition) is 5. The minimum Gasteiger partial charge on any atom is -0.481 e. The van der Waals surface area contributed by atoms with Gasteiger partial charge in [0.25, 0.3) is 0 Å². The highest BCUT2D eigenvalue weighted by molar-refractivity contribution is 5.67. The van der Waals surface area contributed by atoms with Gasteiger partial charge in [-0.05, 0) is 50.2 Å². The number of carboxylic acids is 1. The summed E-state index contributed by atoms with van der Waals surface area (Å²) in [6, 6.07) is 4.12. The van der Waals surface area contributed by atoms with Crippen molar-refractivity contribution in [3.8, 4) is 17.3 Å². The highest BCUT2D eigenvalue weighted by atomic mass is 19.1. The number of rotatable bonds is 6. The quantitative estimate of drug-likeness (QED) is 0.785. The van der Waals surface area contributed by atoms with Crippen molar-refractivity contribution in [3.63, 3.8) is 0 Å². The van der Waals surface area contributed by atoms with E-state index in [0.717, 1.165) is 19.3 Å². The largest absolute Gasteiger partial charge is 0.481 e. The fourth-order valence-corrected chi connectivity index (χ4v) is 3.81. The molecule has 0 atom stereocenters. The van der Waals surface area contributed by atoms with Gasteiger partial charge in [-0.3, -0.25) is 4.79 Å². The van der Waals surface area contributed by atoms with Crippen LogP contribution in [0.5, 0.6) is 5.88 Å². The topological polar surface area (TPSA) is 75.5 Å². The Morgan fingerprint density at radius 1 is 1.17 bits per heavy atom. The summed E-state index contributed by atoms with van der Waals surface area (Å²) in [6.45, 7) is 0.846. The van der Waals surface area contributed by atoms with Crippen LogP contribution in [-0.2, 0) is 4.79 Å². The van der Waals surface area contributed by atoms with Gasteiger partial charge in [0.1, 0.15) is 23.4 Å². The van der Waals surface area contributed by atoms with Gasteiger partial charge in [0, 0.05) is 37.3 Å². The van der Waals surface area contributed by atoms with Crippen molar-refractivity contribution in [1.82, 2.24) is 9.97 Å². The molecule has 8 heteroatoms. The third-order valence-corrected chi connectivity index (χ3v) is 5.64. The van der Waals surface area contributed by atoms with Gasteiger partial charge in [-0.15, -0.1) is 0 Å². The molecule has 2 heterocycles. The molecule has 4 rings (SSSR count). The molecule has 154 valence electrons. The number of aromatic nitrogens is 2. The zero-order chi connectivity index (χ0) is 20.4. The summed E-state index contributed by atoms with van der Waals surface area (Å²) in [5.74, 6) is -1.53. The first kappa shape index (κ1) is 19.5. The second-order valence-electron chi connectivity index (χ2n) is 7.71. The SMILES string of the molecule is O=C(O)CC1CCN(c2c(F)cc(-c3nccc(OC4CCC4)n3)cc2F)CC1. The Morgan fingerprint density at radius 3 is 2.45 bits per heavy atom. The Morgan fingerprint density at radius 2 is 1.86 bits per heavy atom. The van der Waals surface area contributed by atoms with Crippen LogP contribution in [0.25, 0.3) is 11.4 Å². The molecule has 2 aromatic rings. The van der Waals surface area contributed by atoms with Gasteiger partial charge in [-0.1, -0.05) is 0 Å². The van der Waals surface area contributed by atoms with Gasteiger partial charge in [0.2, 0.25) is 5.88 Å². The Bertz CT molecular complexity index is 873. The van der Waals surface area contributed by atoms with Crippen molar-refractivity contribution in [2.45, 2.75) is 44.6 Å². The van der Waals surface area contributed by atoms with Crippen LogP contribution in [0.15, 0.2) is 24.4 Å². The van der Waals surface area contributed by atoms with Crippen LogP contribution in [0.2, 0.25) is 0 Å². The van der Waals surface area contributed by atoms with E-state index in [2.05, 4.69) is 9.97 Å². The predicted molar refractivity (Wildman–Crippen MR) is 103 cm³/mol. The number of anilines is 1. The molecule has 1 saturated carbocycles. The Kier molecular flexibility index (Phi) is 5.60. The summed E-state index contributed by atoms with van der Waals surface area (Å²) in [5.41, 5.74) is 0.174. The van der Waals surface area contributed by atoms with Crippen LogP contribution in [0, 0.1) is 17.6 Å². The average molecular weight is 403 g/mol. The van der Waals surface area contributed by atoms with Crippen molar-refractivity contribution >= 4 is 11.7 Å². The zero-order valence-corrected chi connectivity index (χ0v) is 16.0. The lowest BCUT2D eigenvalue weighted by atomic mass is 9.93. The molecule has 6 nitrogen and oxygen atoms in total. The summed E-state index contributed by atoms with van der Waals surface area (Å²) in [4.78, 5) is 20.9. The van der Waals surface area contributed by atoms with E-state index in [-0.39, 0.29) is 35.5 Å². The Balaban J connectivity index is 1.50. The fraction of sp³-hybridized carbons (Fsp3) is 0.476. The van der Waals surface area contributed by atoms with Gasteiger partial charge >= 0.3 is 5.97 Å². The first-order valence-electron chi connectivity index (χ1n) is 9.95. The maximum absolute atomic E-state index is 14.8. The van der Waals surface area contributed by atoms with Gasteiger partial charge in [0.05, 0.1) is 0 Å². The minimum atomic E-state index is -0.839. The lowest BCUT2D eigenvalue weighted by Gasteiger charge is -2.33. The highest BCUT2D eigenvalue weighted by Gasteiger charge is 2.26. The van der Waals surface area contributed by atoms with E-state index in [1.54, 1.807) is 11.0 Å². The van der Waals surface area contributed by atoms with Crippen LogP contribution in [0.4, 0.5) is 14.5 Å². The van der Waals surface area contributed by atoms with Crippen LogP contribution in [0.3, 0.4) is 0 Å². The van der Waals surface area contributed by atoms with Crippen LogP contribution >= 0.6 is 0 Å². The van der Waals surface area contributed by atoms with Gasteiger partial charge in [-0.25, -0.2) is 13.8 Å². The fourth-order valence-electron chi connectivity index (χ4n) is 3.81. The maximum Gasteiger partial charge on any atom is 0.303 e. The molecular formula is C21H23F2N3O3. The van der Waals surface area contributed by atoms with Crippen LogP contribution < -0.4 is 9.64 Å². The van der Waals surface area contributed by atoms with Crippen molar-refractivity contribution < 1.29 is 23.4 Å². The minimum absolute atomic E-state index is 0.0425. The van der Waals surface area contributed by atoms with Gasteiger partial charge in [-0.2, -0.15) is 4.98 Å². The molecule has 0 radical (unpaired) electrons. The van der Waals surface area contributed by atoms with Crippen LogP contribution in [0.1, 0.15) is 38.5 Å². The summed E-state index contributed by atoms with van der Waals surface area (Å²) in [5, 5.41) is 8.91. The number of carbonyl (C=O) groups is 1. The third-order valence-electron chi connectivity index (χ3n) is 5.64. The highest BCUT2D eigenvalue weighted by Crippen LogP contribution is 2.33. The van der Waals surface area contributed by atoms with Crippen molar-refractivity contribution in [1.29, 1.82) is 0 Å². The molecule has 1 aromatic heterocycles. The number of carboxylic acid groups (broad SMARTS) is 1. The number of nitrogens with zero attached hydrogens (tertiary/aromatic N) is 3.